The maximum absolute atomic E-state index is 12.7. The summed E-state index contributed by atoms with van der Waals surface area (Å²) in [4.78, 5) is 0. The van der Waals surface area contributed by atoms with Gasteiger partial charge in [-0.3, -0.25) is 0 Å². The van der Waals surface area contributed by atoms with Crippen molar-refractivity contribution in [1.29, 1.82) is 5.26 Å². The molecule has 1 aromatic carbocycles. The summed E-state index contributed by atoms with van der Waals surface area (Å²) < 4.78 is 38.1. The Kier molecular flexibility index (Phi) is 4.22. The summed E-state index contributed by atoms with van der Waals surface area (Å²) in [5.74, 6) is 0.497. The molecule has 0 bridgehead atoms. The normalized spacial score (nSPS) is 23.1. The van der Waals surface area contributed by atoms with Gasteiger partial charge in [-0.1, -0.05) is 19.8 Å². The molecule has 1 N–H and O–H groups in total. The minimum atomic E-state index is -4.48. The van der Waals surface area contributed by atoms with Crippen LogP contribution >= 0.6 is 0 Å². The number of hydrogen-bond acceptors (Lipinski definition) is 2. The Morgan fingerprint density at radius 2 is 1.95 bits per heavy atom. The zero-order chi connectivity index (χ0) is 14.8. The van der Waals surface area contributed by atoms with E-state index < -0.39 is 11.7 Å². The second kappa shape index (κ2) is 5.74. The fraction of sp³-hybridized carbons (Fsp3) is 0.533. The smallest absolute Gasteiger partial charge is 0.382 e. The van der Waals surface area contributed by atoms with Crippen LogP contribution in [0.25, 0.3) is 0 Å². The van der Waals surface area contributed by atoms with Crippen molar-refractivity contribution in [3.8, 4) is 6.07 Å². The second-order valence-corrected chi connectivity index (χ2v) is 5.38. The summed E-state index contributed by atoms with van der Waals surface area (Å²) in [5, 5.41) is 12.2. The molecule has 1 aliphatic rings. The standard InChI is InChI=1S/C15H17F3N2/c1-10-4-2-3-5-14(10)20-12-6-7-13(15(16,17)18)11(8-12)9-19/h6-8,10,14,20H,2-5H2,1H3. The average molecular weight is 282 g/mol. The van der Waals surface area contributed by atoms with Gasteiger partial charge in [-0.05, 0) is 37.0 Å². The molecule has 20 heavy (non-hydrogen) atoms. The van der Waals surface area contributed by atoms with E-state index >= 15 is 0 Å². The lowest BCUT2D eigenvalue weighted by atomic mass is 9.86. The Morgan fingerprint density at radius 3 is 2.55 bits per heavy atom. The van der Waals surface area contributed by atoms with E-state index in [0.717, 1.165) is 25.3 Å². The van der Waals surface area contributed by atoms with Crippen molar-refractivity contribution in [2.45, 2.75) is 44.8 Å². The SMILES string of the molecule is CC1CCCCC1Nc1ccc(C(F)(F)F)c(C#N)c1. The van der Waals surface area contributed by atoms with Crippen LogP contribution in [-0.4, -0.2) is 6.04 Å². The molecule has 0 radical (unpaired) electrons. The van der Waals surface area contributed by atoms with Crippen LogP contribution in [0.1, 0.15) is 43.7 Å². The largest absolute Gasteiger partial charge is 0.417 e. The highest BCUT2D eigenvalue weighted by atomic mass is 19.4. The average Bonchev–Trinajstić information content (AvgIpc) is 2.40. The summed E-state index contributed by atoms with van der Waals surface area (Å²) in [6, 6.07) is 5.59. The van der Waals surface area contributed by atoms with Gasteiger partial charge in [0.15, 0.2) is 0 Å². The first-order valence-corrected chi connectivity index (χ1v) is 6.79. The van der Waals surface area contributed by atoms with Gasteiger partial charge in [-0.25, -0.2) is 0 Å². The molecule has 0 saturated heterocycles. The molecule has 0 aliphatic heterocycles. The predicted octanol–water partition coefficient (Wildman–Crippen LogP) is 4.57. The third-order valence-electron chi connectivity index (χ3n) is 3.91. The van der Waals surface area contributed by atoms with Crippen molar-refractivity contribution in [1.82, 2.24) is 0 Å². The monoisotopic (exact) mass is 282 g/mol. The molecule has 2 rings (SSSR count). The molecule has 2 atom stereocenters. The Bertz CT molecular complexity index is 517. The fourth-order valence-electron chi connectivity index (χ4n) is 2.72. The number of rotatable bonds is 2. The first-order valence-electron chi connectivity index (χ1n) is 6.79. The summed E-state index contributed by atoms with van der Waals surface area (Å²) in [5.41, 5.74) is -0.610. The van der Waals surface area contributed by atoms with E-state index in [-0.39, 0.29) is 11.6 Å². The van der Waals surface area contributed by atoms with Crippen LogP contribution in [0.2, 0.25) is 0 Å². The Labute approximate surface area is 116 Å². The Balaban J connectivity index is 2.20. The van der Waals surface area contributed by atoms with Crippen LogP contribution in [0.4, 0.5) is 18.9 Å². The summed E-state index contributed by atoms with van der Waals surface area (Å²) in [6.45, 7) is 2.14. The number of alkyl halides is 3. The minimum absolute atomic E-state index is 0.270. The zero-order valence-corrected chi connectivity index (χ0v) is 11.3. The van der Waals surface area contributed by atoms with Gasteiger partial charge in [-0.2, -0.15) is 18.4 Å². The van der Waals surface area contributed by atoms with E-state index in [1.807, 2.05) is 0 Å². The van der Waals surface area contributed by atoms with Crippen LogP contribution < -0.4 is 5.32 Å². The van der Waals surface area contributed by atoms with E-state index in [1.54, 1.807) is 6.07 Å². The number of nitriles is 1. The number of anilines is 1. The van der Waals surface area contributed by atoms with Gasteiger partial charge in [0.25, 0.3) is 0 Å². The van der Waals surface area contributed by atoms with Gasteiger partial charge < -0.3 is 5.32 Å². The van der Waals surface area contributed by atoms with Crippen LogP contribution in [-0.2, 0) is 6.18 Å². The lowest BCUT2D eigenvalue weighted by Gasteiger charge is -2.30. The van der Waals surface area contributed by atoms with Crippen molar-refractivity contribution >= 4 is 5.69 Å². The molecule has 0 amide bonds. The molecule has 5 heteroatoms. The van der Waals surface area contributed by atoms with Crippen LogP contribution in [0.3, 0.4) is 0 Å². The Morgan fingerprint density at radius 1 is 1.25 bits per heavy atom. The molecule has 1 fully saturated rings. The summed E-state index contributed by atoms with van der Waals surface area (Å²) >= 11 is 0. The highest BCUT2D eigenvalue weighted by Crippen LogP contribution is 2.34. The summed E-state index contributed by atoms with van der Waals surface area (Å²) in [7, 11) is 0. The molecule has 1 aliphatic carbocycles. The van der Waals surface area contributed by atoms with Crippen LogP contribution in [0, 0.1) is 17.2 Å². The molecule has 0 heterocycles. The van der Waals surface area contributed by atoms with Gasteiger partial charge in [0.1, 0.15) is 0 Å². The molecule has 0 aromatic heterocycles. The fourth-order valence-corrected chi connectivity index (χ4v) is 2.72. The first kappa shape index (κ1) is 14.7. The van der Waals surface area contributed by atoms with Gasteiger partial charge in [-0.15, -0.1) is 0 Å². The van der Waals surface area contributed by atoms with Crippen molar-refractivity contribution < 1.29 is 13.2 Å². The highest BCUT2D eigenvalue weighted by molar-refractivity contribution is 5.54. The number of halogens is 3. The molecule has 0 spiro atoms. The molecular weight excluding hydrogens is 265 g/mol. The molecule has 1 saturated carbocycles. The number of benzene rings is 1. The maximum atomic E-state index is 12.7. The van der Waals surface area contributed by atoms with E-state index in [9.17, 15) is 13.2 Å². The number of hydrogen-bond donors (Lipinski definition) is 1. The van der Waals surface area contributed by atoms with Gasteiger partial charge >= 0.3 is 6.18 Å². The first-order chi connectivity index (χ1) is 9.41. The van der Waals surface area contributed by atoms with Crippen molar-refractivity contribution in [3.05, 3.63) is 29.3 Å². The topological polar surface area (TPSA) is 35.8 Å². The van der Waals surface area contributed by atoms with Crippen LogP contribution in [0.5, 0.6) is 0 Å². The number of nitrogens with zero attached hydrogens (tertiary/aromatic N) is 1. The van der Waals surface area contributed by atoms with Crippen molar-refractivity contribution in [2.24, 2.45) is 5.92 Å². The molecule has 2 nitrogen and oxygen atoms in total. The lowest BCUT2D eigenvalue weighted by Crippen LogP contribution is -2.30. The van der Waals surface area contributed by atoms with Gasteiger partial charge in [0.2, 0.25) is 0 Å². The third kappa shape index (κ3) is 3.24. The predicted molar refractivity (Wildman–Crippen MR) is 71.2 cm³/mol. The van der Waals surface area contributed by atoms with E-state index in [2.05, 4.69) is 12.2 Å². The lowest BCUT2D eigenvalue weighted by molar-refractivity contribution is -0.137. The molecule has 2 unspecified atom stereocenters. The molecule has 1 aromatic rings. The van der Waals surface area contributed by atoms with Gasteiger partial charge in [0, 0.05) is 11.7 Å². The van der Waals surface area contributed by atoms with E-state index in [0.29, 0.717) is 11.6 Å². The van der Waals surface area contributed by atoms with Gasteiger partial charge in [0.05, 0.1) is 17.2 Å². The minimum Gasteiger partial charge on any atom is -0.382 e. The third-order valence-corrected chi connectivity index (χ3v) is 3.91. The van der Waals surface area contributed by atoms with Crippen molar-refractivity contribution in [3.63, 3.8) is 0 Å². The number of nitrogens with one attached hydrogen (secondary N) is 1. The molecular formula is C15H17F3N2. The van der Waals surface area contributed by atoms with E-state index in [1.165, 1.54) is 18.6 Å². The zero-order valence-electron chi connectivity index (χ0n) is 11.3. The Hall–Kier alpha value is -1.70. The molecule has 108 valence electrons. The second-order valence-electron chi connectivity index (χ2n) is 5.38. The maximum Gasteiger partial charge on any atom is 0.417 e. The summed E-state index contributed by atoms with van der Waals surface area (Å²) in [6.07, 6.45) is -0.00123. The van der Waals surface area contributed by atoms with Crippen molar-refractivity contribution in [2.75, 3.05) is 5.32 Å². The van der Waals surface area contributed by atoms with Crippen LogP contribution in [0.15, 0.2) is 18.2 Å². The van der Waals surface area contributed by atoms with E-state index in [4.69, 9.17) is 5.26 Å². The highest BCUT2D eigenvalue weighted by Gasteiger charge is 2.33. The quantitative estimate of drug-likeness (QED) is 0.862.